The Morgan fingerprint density at radius 3 is 2.67 bits per heavy atom. The monoisotopic (exact) mass is 265 g/mol. The topological polar surface area (TPSA) is 64.0 Å². The third-order valence-corrected chi connectivity index (χ3v) is 2.37. The first-order chi connectivity index (χ1) is 8.60. The molecule has 2 heterocycles. The number of anilines is 1. The molecule has 0 saturated carbocycles. The average molecular weight is 266 g/mol. The zero-order valence-electron chi connectivity index (χ0n) is 10.3. The minimum Gasteiger partial charge on any atom is -0.481 e. The highest BCUT2D eigenvalue weighted by Gasteiger charge is 2.09. The van der Waals surface area contributed by atoms with Crippen molar-refractivity contribution < 1.29 is 4.74 Å². The van der Waals surface area contributed by atoms with Crippen LogP contribution in [0.2, 0.25) is 5.28 Å². The van der Waals surface area contributed by atoms with Crippen LogP contribution in [-0.2, 0) is 0 Å². The molecule has 0 radical (unpaired) electrons. The number of nitrogens with zero attached hydrogens (tertiary/aromatic N) is 5. The standard InChI is InChI=1S/C11H12ClN5O/c1-17(2)11-15-9(14-10(12)16-11)7-4-5-13-8(6-7)18-3/h4-6H,1-3H3. The van der Waals surface area contributed by atoms with Crippen molar-refractivity contribution in [3.63, 3.8) is 0 Å². The number of methoxy groups -OCH3 is 1. The molecule has 0 aliphatic rings. The largest absolute Gasteiger partial charge is 0.481 e. The number of hydrogen-bond donors (Lipinski definition) is 0. The maximum atomic E-state index is 5.88. The second-order valence-electron chi connectivity index (χ2n) is 3.71. The molecule has 0 aromatic carbocycles. The Morgan fingerprint density at radius 2 is 2.00 bits per heavy atom. The SMILES string of the molecule is COc1cc(-c2nc(Cl)nc(N(C)C)n2)ccn1. The van der Waals surface area contributed by atoms with Gasteiger partial charge < -0.3 is 9.64 Å². The average Bonchev–Trinajstić information content (AvgIpc) is 2.38. The van der Waals surface area contributed by atoms with Gasteiger partial charge in [-0.25, -0.2) is 4.98 Å². The molecule has 0 atom stereocenters. The molecule has 2 rings (SSSR count). The molecule has 0 bridgehead atoms. The number of halogens is 1. The van der Waals surface area contributed by atoms with E-state index >= 15 is 0 Å². The van der Waals surface area contributed by atoms with Crippen LogP contribution in [0.25, 0.3) is 11.4 Å². The summed E-state index contributed by atoms with van der Waals surface area (Å²) in [6, 6.07) is 3.53. The number of rotatable bonds is 3. The molecule has 2 aromatic rings. The summed E-state index contributed by atoms with van der Waals surface area (Å²) >= 11 is 5.88. The second kappa shape index (κ2) is 5.14. The predicted molar refractivity (Wildman–Crippen MR) is 68.9 cm³/mol. The van der Waals surface area contributed by atoms with Crippen molar-refractivity contribution in [1.82, 2.24) is 19.9 Å². The molecule has 0 amide bonds. The van der Waals surface area contributed by atoms with E-state index < -0.39 is 0 Å². The van der Waals surface area contributed by atoms with Gasteiger partial charge in [-0.05, 0) is 17.7 Å². The van der Waals surface area contributed by atoms with Gasteiger partial charge in [-0.15, -0.1) is 0 Å². The lowest BCUT2D eigenvalue weighted by Crippen LogP contribution is -2.13. The van der Waals surface area contributed by atoms with Crippen molar-refractivity contribution in [3.05, 3.63) is 23.6 Å². The van der Waals surface area contributed by atoms with Gasteiger partial charge in [0.2, 0.25) is 17.1 Å². The van der Waals surface area contributed by atoms with Gasteiger partial charge in [0.05, 0.1) is 7.11 Å². The summed E-state index contributed by atoms with van der Waals surface area (Å²) < 4.78 is 5.06. The van der Waals surface area contributed by atoms with Gasteiger partial charge in [0.25, 0.3) is 0 Å². The van der Waals surface area contributed by atoms with Crippen LogP contribution in [0.4, 0.5) is 5.95 Å². The molecule has 0 unspecified atom stereocenters. The van der Waals surface area contributed by atoms with Crippen molar-refractivity contribution >= 4 is 17.5 Å². The third kappa shape index (κ3) is 2.65. The normalized spacial score (nSPS) is 10.2. The Labute approximate surface area is 110 Å². The zero-order chi connectivity index (χ0) is 13.1. The summed E-state index contributed by atoms with van der Waals surface area (Å²) in [5.41, 5.74) is 0.772. The zero-order valence-corrected chi connectivity index (χ0v) is 11.0. The summed E-state index contributed by atoms with van der Waals surface area (Å²) in [5, 5.41) is 0.152. The molecule has 0 saturated heterocycles. The minimum atomic E-state index is 0.152. The summed E-state index contributed by atoms with van der Waals surface area (Å²) in [6.07, 6.45) is 1.63. The Kier molecular flexibility index (Phi) is 3.57. The Balaban J connectivity index is 2.49. The van der Waals surface area contributed by atoms with Crippen molar-refractivity contribution in [3.8, 4) is 17.3 Å². The highest BCUT2D eigenvalue weighted by molar-refractivity contribution is 6.28. The van der Waals surface area contributed by atoms with Gasteiger partial charge in [0.15, 0.2) is 5.82 Å². The lowest BCUT2D eigenvalue weighted by molar-refractivity contribution is 0.398. The highest BCUT2D eigenvalue weighted by Crippen LogP contribution is 2.21. The first kappa shape index (κ1) is 12.5. The van der Waals surface area contributed by atoms with Crippen molar-refractivity contribution in [2.24, 2.45) is 0 Å². The van der Waals surface area contributed by atoms with Crippen molar-refractivity contribution in [2.75, 3.05) is 26.1 Å². The molecule has 18 heavy (non-hydrogen) atoms. The molecular weight excluding hydrogens is 254 g/mol. The van der Waals surface area contributed by atoms with E-state index in [1.54, 1.807) is 30.3 Å². The second-order valence-corrected chi connectivity index (χ2v) is 4.05. The van der Waals surface area contributed by atoms with E-state index in [0.29, 0.717) is 17.7 Å². The molecule has 2 aromatic heterocycles. The fourth-order valence-electron chi connectivity index (χ4n) is 1.33. The van der Waals surface area contributed by atoms with E-state index in [-0.39, 0.29) is 5.28 Å². The number of hydrogen-bond acceptors (Lipinski definition) is 6. The van der Waals surface area contributed by atoms with E-state index in [1.165, 1.54) is 0 Å². The molecule has 0 fully saturated rings. The Hall–Kier alpha value is -1.95. The minimum absolute atomic E-state index is 0.152. The van der Waals surface area contributed by atoms with E-state index in [2.05, 4.69) is 19.9 Å². The van der Waals surface area contributed by atoms with Crippen LogP contribution in [0.3, 0.4) is 0 Å². The van der Waals surface area contributed by atoms with Crippen LogP contribution in [0.15, 0.2) is 18.3 Å². The number of aromatic nitrogens is 4. The highest BCUT2D eigenvalue weighted by atomic mass is 35.5. The molecule has 0 aliphatic carbocycles. The molecular formula is C11H12ClN5O. The predicted octanol–water partition coefficient (Wildman–Crippen LogP) is 1.66. The maximum absolute atomic E-state index is 5.88. The van der Waals surface area contributed by atoms with Crippen molar-refractivity contribution in [1.29, 1.82) is 0 Å². The third-order valence-electron chi connectivity index (χ3n) is 2.20. The fourth-order valence-corrected chi connectivity index (χ4v) is 1.48. The van der Waals surface area contributed by atoms with E-state index in [4.69, 9.17) is 16.3 Å². The van der Waals surface area contributed by atoms with Crippen LogP contribution in [0, 0.1) is 0 Å². The fraction of sp³-hybridized carbons (Fsp3) is 0.273. The van der Waals surface area contributed by atoms with E-state index in [0.717, 1.165) is 5.56 Å². The van der Waals surface area contributed by atoms with Gasteiger partial charge in [-0.3, -0.25) is 0 Å². The molecule has 6 nitrogen and oxygen atoms in total. The van der Waals surface area contributed by atoms with Crippen LogP contribution in [-0.4, -0.2) is 41.1 Å². The first-order valence-electron chi connectivity index (χ1n) is 5.19. The summed E-state index contributed by atoms with van der Waals surface area (Å²) in [5.74, 6) is 1.48. The summed E-state index contributed by atoms with van der Waals surface area (Å²) in [4.78, 5) is 18.2. The van der Waals surface area contributed by atoms with Crippen LogP contribution >= 0.6 is 11.6 Å². The van der Waals surface area contributed by atoms with Crippen LogP contribution in [0.1, 0.15) is 0 Å². The van der Waals surface area contributed by atoms with Gasteiger partial charge >= 0.3 is 0 Å². The lowest BCUT2D eigenvalue weighted by atomic mass is 10.2. The Bertz CT molecular complexity index is 561. The molecule has 0 spiro atoms. The summed E-state index contributed by atoms with van der Waals surface area (Å²) in [6.45, 7) is 0. The Morgan fingerprint density at radius 1 is 1.22 bits per heavy atom. The van der Waals surface area contributed by atoms with E-state index in [1.807, 2.05) is 14.1 Å². The first-order valence-corrected chi connectivity index (χ1v) is 5.57. The number of ether oxygens (including phenoxy) is 1. The number of pyridine rings is 1. The lowest BCUT2D eigenvalue weighted by Gasteiger charge is -2.11. The maximum Gasteiger partial charge on any atom is 0.229 e. The molecule has 0 N–H and O–H groups in total. The molecule has 94 valence electrons. The van der Waals surface area contributed by atoms with E-state index in [9.17, 15) is 0 Å². The van der Waals surface area contributed by atoms with Crippen LogP contribution < -0.4 is 9.64 Å². The van der Waals surface area contributed by atoms with Gasteiger partial charge in [0.1, 0.15) is 0 Å². The molecule has 7 heteroatoms. The smallest absolute Gasteiger partial charge is 0.229 e. The quantitative estimate of drug-likeness (QED) is 0.841. The van der Waals surface area contributed by atoms with Gasteiger partial charge in [-0.1, -0.05) is 0 Å². The van der Waals surface area contributed by atoms with Gasteiger partial charge in [0, 0.05) is 31.9 Å². The molecule has 0 aliphatic heterocycles. The summed E-state index contributed by atoms with van der Waals surface area (Å²) in [7, 11) is 5.23. The van der Waals surface area contributed by atoms with Gasteiger partial charge in [-0.2, -0.15) is 15.0 Å². The van der Waals surface area contributed by atoms with Crippen molar-refractivity contribution in [2.45, 2.75) is 0 Å². The van der Waals surface area contributed by atoms with Crippen LogP contribution in [0.5, 0.6) is 5.88 Å².